The van der Waals surface area contributed by atoms with E-state index < -0.39 is 6.17 Å². The Morgan fingerprint density at radius 2 is 2.39 bits per heavy atom. The maximum Gasteiger partial charge on any atom is 0.122 e. The summed E-state index contributed by atoms with van der Waals surface area (Å²) in [5.41, 5.74) is 0.873. The first-order valence-corrected chi connectivity index (χ1v) is 6.61. The van der Waals surface area contributed by atoms with Gasteiger partial charge in [-0.15, -0.1) is 0 Å². The summed E-state index contributed by atoms with van der Waals surface area (Å²) in [5.74, 6) is 0.194. The third-order valence-corrected chi connectivity index (χ3v) is 4.43. The molecular weight excluding hydrogens is 229 g/mol. The van der Waals surface area contributed by atoms with Crippen molar-refractivity contribution in [3.63, 3.8) is 0 Å². The highest BCUT2D eigenvalue weighted by Crippen LogP contribution is 2.48. The molecule has 0 bridgehead atoms. The van der Waals surface area contributed by atoms with Crippen molar-refractivity contribution in [3.05, 3.63) is 23.8 Å². The minimum atomic E-state index is -0.855. The van der Waals surface area contributed by atoms with E-state index in [2.05, 4.69) is 6.07 Å². The summed E-state index contributed by atoms with van der Waals surface area (Å²) in [6, 6.07) is 2.37. The number of allylic oxidation sites excluding steroid dienone is 4. The monoisotopic (exact) mass is 249 g/mol. The maximum absolute atomic E-state index is 13.0. The molecule has 0 radical (unpaired) electrons. The standard InChI is InChI=1S/C15H20FNO/c1-15(10-18)7-6-12(14(15)9-17)8-11-2-4-13(16)5-3-11/h2-4,12-14,18H,5-8,10H2,1H3/t12?,13?,14-,15+/m1/s1. The Morgan fingerprint density at radius 3 is 2.94 bits per heavy atom. The molecule has 0 spiro atoms. The zero-order valence-electron chi connectivity index (χ0n) is 10.8. The SMILES string of the molecule is C[C@@]1(CO)CCC(CC2=CCC(F)C=C2)[C@H]1C#N. The number of alkyl halides is 1. The lowest BCUT2D eigenvalue weighted by molar-refractivity contribution is 0.114. The van der Waals surface area contributed by atoms with Crippen LogP contribution in [0.5, 0.6) is 0 Å². The molecule has 0 aromatic heterocycles. The van der Waals surface area contributed by atoms with Gasteiger partial charge in [0, 0.05) is 18.4 Å². The lowest BCUT2D eigenvalue weighted by Crippen LogP contribution is -2.28. The highest BCUT2D eigenvalue weighted by Gasteiger charge is 2.44. The largest absolute Gasteiger partial charge is 0.396 e. The van der Waals surface area contributed by atoms with Gasteiger partial charge < -0.3 is 5.11 Å². The lowest BCUT2D eigenvalue weighted by Gasteiger charge is -2.27. The third-order valence-electron chi connectivity index (χ3n) is 4.43. The van der Waals surface area contributed by atoms with Crippen LogP contribution in [-0.2, 0) is 0 Å². The topological polar surface area (TPSA) is 44.0 Å². The van der Waals surface area contributed by atoms with Crippen LogP contribution in [-0.4, -0.2) is 17.9 Å². The summed E-state index contributed by atoms with van der Waals surface area (Å²) in [6.45, 7) is 2.06. The molecule has 0 aromatic rings. The van der Waals surface area contributed by atoms with Crippen molar-refractivity contribution < 1.29 is 9.50 Å². The van der Waals surface area contributed by atoms with E-state index in [9.17, 15) is 14.8 Å². The van der Waals surface area contributed by atoms with Gasteiger partial charge in [0.2, 0.25) is 0 Å². The quantitative estimate of drug-likeness (QED) is 0.835. The lowest BCUT2D eigenvalue weighted by atomic mass is 9.77. The molecule has 0 saturated heterocycles. The van der Waals surface area contributed by atoms with Gasteiger partial charge in [0.15, 0.2) is 0 Å². The van der Waals surface area contributed by atoms with Gasteiger partial charge in [0.25, 0.3) is 0 Å². The first kappa shape index (κ1) is 13.3. The summed E-state index contributed by atoms with van der Waals surface area (Å²) < 4.78 is 13.0. The van der Waals surface area contributed by atoms with E-state index in [-0.39, 0.29) is 17.9 Å². The maximum atomic E-state index is 13.0. The van der Waals surface area contributed by atoms with Crippen LogP contribution in [0.4, 0.5) is 4.39 Å². The van der Waals surface area contributed by atoms with E-state index in [0.717, 1.165) is 24.8 Å². The second kappa shape index (κ2) is 5.24. The normalized spacial score (nSPS) is 39.4. The van der Waals surface area contributed by atoms with Crippen molar-refractivity contribution in [3.8, 4) is 6.07 Å². The molecule has 4 atom stereocenters. The molecule has 2 nitrogen and oxygen atoms in total. The van der Waals surface area contributed by atoms with Crippen molar-refractivity contribution in [1.29, 1.82) is 5.26 Å². The van der Waals surface area contributed by atoms with Gasteiger partial charge in [-0.3, -0.25) is 0 Å². The molecule has 1 N–H and O–H groups in total. The van der Waals surface area contributed by atoms with Crippen LogP contribution in [0.15, 0.2) is 23.8 Å². The summed E-state index contributed by atoms with van der Waals surface area (Å²) in [5, 5.41) is 18.8. The molecule has 0 amide bonds. The molecule has 3 heteroatoms. The molecule has 2 unspecified atom stereocenters. The number of aliphatic hydroxyl groups excluding tert-OH is 1. The fraction of sp³-hybridized carbons (Fsp3) is 0.667. The fourth-order valence-corrected chi connectivity index (χ4v) is 3.16. The molecular formula is C15H20FNO. The number of nitrogens with zero attached hydrogens (tertiary/aromatic N) is 1. The van der Waals surface area contributed by atoms with E-state index in [4.69, 9.17) is 0 Å². The minimum absolute atomic E-state index is 0.0726. The summed E-state index contributed by atoms with van der Waals surface area (Å²) in [4.78, 5) is 0. The number of nitriles is 1. The van der Waals surface area contributed by atoms with E-state index in [0.29, 0.717) is 12.3 Å². The Balaban J connectivity index is 2.03. The van der Waals surface area contributed by atoms with Crippen LogP contribution in [0.2, 0.25) is 0 Å². The Morgan fingerprint density at radius 1 is 1.61 bits per heavy atom. The Kier molecular flexibility index (Phi) is 3.87. The average molecular weight is 249 g/mol. The molecule has 0 heterocycles. The molecule has 2 aliphatic carbocycles. The van der Waals surface area contributed by atoms with Crippen LogP contribution < -0.4 is 0 Å². The number of rotatable bonds is 3. The molecule has 1 saturated carbocycles. The van der Waals surface area contributed by atoms with Crippen molar-refractivity contribution in [2.75, 3.05) is 6.61 Å². The van der Waals surface area contributed by atoms with Crippen molar-refractivity contribution in [2.45, 2.75) is 38.8 Å². The van der Waals surface area contributed by atoms with Gasteiger partial charge in [-0.05, 0) is 25.2 Å². The second-order valence-electron chi connectivity index (χ2n) is 5.81. The van der Waals surface area contributed by atoms with Gasteiger partial charge in [-0.1, -0.05) is 30.7 Å². The molecule has 0 aromatic carbocycles. The molecule has 2 rings (SSSR count). The summed E-state index contributed by atoms with van der Waals surface area (Å²) in [6.07, 6.45) is 7.67. The predicted octanol–water partition coefficient (Wildman–Crippen LogP) is 3.15. The predicted molar refractivity (Wildman–Crippen MR) is 68.4 cm³/mol. The van der Waals surface area contributed by atoms with E-state index in [1.807, 2.05) is 19.1 Å². The zero-order valence-corrected chi connectivity index (χ0v) is 10.8. The third kappa shape index (κ3) is 2.49. The van der Waals surface area contributed by atoms with E-state index in [1.165, 1.54) is 0 Å². The first-order chi connectivity index (χ1) is 8.59. The molecule has 2 aliphatic rings. The van der Waals surface area contributed by atoms with Crippen LogP contribution in [0.3, 0.4) is 0 Å². The molecule has 18 heavy (non-hydrogen) atoms. The van der Waals surface area contributed by atoms with Crippen molar-refractivity contribution >= 4 is 0 Å². The Hall–Kier alpha value is -1.14. The van der Waals surface area contributed by atoms with Crippen LogP contribution in [0, 0.1) is 28.6 Å². The summed E-state index contributed by atoms with van der Waals surface area (Å²) in [7, 11) is 0. The zero-order chi connectivity index (χ0) is 13.2. The van der Waals surface area contributed by atoms with Crippen molar-refractivity contribution in [2.24, 2.45) is 17.3 Å². The number of halogens is 1. The second-order valence-corrected chi connectivity index (χ2v) is 5.81. The highest BCUT2D eigenvalue weighted by atomic mass is 19.1. The van der Waals surface area contributed by atoms with Gasteiger partial charge in [-0.2, -0.15) is 5.26 Å². The van der Waals surface area contributed by atoms with Gasteiger partial charge >= 0.3 is 0 Å². The van der Waals surface area contributed by atoms with Gasteiger partial charge in [0.1, 0.15) is 6.17 Å². The number of hydrogen-bond donors (Lipinski definition) is 1. The minimum Gasteiger partial charge on any atom is -0.396 e. The smallest absolute Gasteiger partial charge is 0.122 e. The molecule has 0 aliphatic heterocycles. The van der Waals surface area contributed by atoms with Crippen molar-refractivity contribution in [1.82, 2.24) is 0 Å². The van der Waals surface area contributed by atoms with Crippen LogP contribution in [0.1, 0.15) is 32.6 Å². The van der Waals surface area contributed by atoms with Gasteiger partial charge in [-0.25, -0.2) is 4.39 Å². The first-order valence-electron chi connectivity index (χ1n) is 6.61. The Labute approximate surface area is 108 Å². The van der Waals surface area contributed by atoms with Gasteiger partial charge in [0.05, 0.1) is 12.0 Å². The van der Waals surface area contributed by atoms with Crippen LogP contribution in [0.25, 0.3) is 0 Å². The number of aliphatic hydroxyl groups is 1. The van der Waals surface area contributed by atoms with E-state index in [1.54, 1.807) is 6.08 Å². The highest BCUT2D eigenvalue weighted by molar-refractivity contribution is 5.25. The molecule has 98 valence electrons. The summed E-state index contributed by atoms with van der Waals surface area (Å²) >= 11 is 0. The Bertz CT molecular complexity index is 409. The number of hydrogen-bond acceptors (Lipinski definition) is 2. The average Bonchev–Trinajstić information content (AvgIpc) is 2.69. The molecule has 1 fully saturated rings. The fourth-order valence-electron chi connectivity index (χ4n) is 3.16. The van der Waals surface area contributed by atoms with E-state index >= 15 is 0 Å². The van der Waals surface area contributed by atoms with Crippen LogP contribution >= 0.6 is 0 Å².